The molecular weight excluding hydrogens is 398 g/mol. The predicted octanol–water partition coefficient (Wildman–Crippen LogP) is 3.33. The molecule has 3 aromatic rings. The van der Waals surface area contributed by atoms with Gasteiger partial charge in [0.15, 0.2) is 5.82 Å². The molecular formula is C22H25N5O2S. The van der Waals surface area contributed by atoms with E-state index in [1.807, 2.05) is 12.1 Å². The average Bonchev–Trinajstić information content (AvgIpc) is 3.17. The van der Waals surface area contributed by atoms with Crippen LogP contribution in [0.1, 0.15) is 36.1 Å². The first-order chi connectivity index (χ1) is 14.7. The Morgan fingerprint density at radius 3 is 2.83 bits per heavy atom. The van der Waals surface area contributed by atoms with Crippen LogP contribution in [0.2, 0.25) is 0 Å². The van der Waals surface area contributed by atoms with Gasteiger partial charge in [0.2, 0.25) is 5.91 Å². The number of aromatic nitrogens is 3. The van der Waals surface area contributed by atoms with E-state index in [4.69, 9.17) is 20.4 Å². The summed E-state index contributed by atoms with van der Waals surface area (Å²) in [4.78, 5) is 28.7. The van der Waals surface area contributed by atoms with Gasteiger partial charge in [-0.1, -0.05) is 0 Å². The van der Waals surface area contributed by atoms with Crippen LogP contribution >= 0.6 is 11.3 Å². The highest BCUT2D eigenvalue weighted by Crippen LogP contribution is 2.40. The molecule has 0 atom stereocenters. The van der Waals surface area contributed by atoms with Gasteiger partial charge in [-0.2, -0.15) is 0 Å². The number of carbonyl (C=O) groups excluding carboxylic acids is 1. The van der Waals surface area contributed by atoms with Crippen molar-refractivity contribution in [2.75, 3.05) is 25.1 Å². The minimum atomic E-state index is -0.611. The first-order valence-electron chi connectivity index (χ1n) is 10.5. The van der Waals surface area contributed by atoms with Crippen molar-refractivity contribution in [3.05, 3.63) is 35.0 Å². The van der Waals surface area contributed by atoms with Crippen LogP contribution in [0.15, 0.2) is 24.5 Å². The normalized spacial score (nSPS) is 18.1. The van der Waals surface area contributed by atoms with E-state index >= 15 is 0 Å². The number of thiophene rings is 1. The summed E-state index contributed by atoms with van der Waals surface area (Å²) in [5, 5.41) is 4.61. The highest BCUT2D eigenvalue weighted by Gasteiger charge is 2.38. The third-order valence-electron chi connectivity index (χ3n) is 6.30. The molecule has 0 radical (unpaired) electrons. The number of fused-ring (bicyclic) bond motifs is 3. The number of hydrogen-bond acceptors (Lipinski definition) is 7. The van der Waals surface area contributed by atoms with Crippen LogP contribution < -0.4 is 11.1 Å². The zero-order valence-electron chi connectivity index (χ0n) is 16.8. The summed E-state index contributed by atoms with van der Waals surface area (Å²) in [6.45, 7) is 1.56. The fourth-order valence-electron chi connectivity index (χ4n) is 4.43. The number of nitrogens with two attached hydrogens (primary N) is 1. The molecule has 0 saturated carbocycles. The quantitative estimate of drug-likeness (QED) is 0.652. The summed E-state index contributed by atoms with van der Waals surface area (Å²) in [6, 6.07) is 3.86. The number of amides is 1. The second kappa shape index (κ2) is 7.92. The Labute approximate surface area is 179 Å². The number of pyridine rings is 1. The first-order valence-corrected chi connectivity index (χ1v) is 11.3. The molecule has 1 fully saturated rings. The smallest absolute Gasteiger partial charge is 0.225 e. The van der Waals surface area contributed by atoms with Gasteiger partial charge >= 0.3 is 0 Å². The summed E-state index contributed by atoms with van der Waals surface area (Å²) in [5.74, 6) is 1.17. The van der Waals surface area contributed by atoms with Crippen LogP contribution in [0.3, 0.4) is 0 Å². The molecule has 1 amide bonds. The van der Waals surface area contributed by atoms with Crippen molar-refractivity contribution in [1.29, 1.82) is 0 Å². The van der Waals surface area contributed by atoms with Crippen molar-refractivity contribution in [2.45, 2.75) is 38.5 Å². The Hall–Kier alpha value is -2.58. The number of aryl methyl sites for hydroxylation is 2. The lowest BCUT2D eigenvalue weighted by Crippen LogP contribution is -2.46. The Bertz CT molecular complexity index is 1080. The van der Waals surface area contributed by atoms with Crippen LogP contribution in [0.4, 0.5) is 5.82 Å². The van der Waals surface area contributed by atoms with Gasteiger partial charge in [-0.25, -0.2) is 9.97 Å². The van der Waals surface area contributed by atoms with Gasteiger partial charge in [0.05, 0.1) is 10.8 Å². The highest BCUT2D eigenvalue weighted by atomic mass is 32.1. The number of anilines is 1. The molecule has 30 heavy (non-hydrogen) atoms. The summed E-state index contributed by atoms with van der Waals surface area (Å²) in [6.07, 6.45) is 9.33. The fourth-order valence-corrected chi connectivity index (χ4v) is 5.70. The van der Waals surface area contributed by atoms with E-state index in [1.165, 1.54) is 23.3 Å². The standard InChI is InChI=1S/C22H25N5O2S/c23-21(28)22(7-10-29-11-8-22)13-25-19-17-15-5-1-2-6-16(15)30-20(17)27-18(26-19)14-4-3-9-24-12-14/h3-4,9,12H,1-2,5-8,10-11,13H2,(H2,23,28)(H,25,26,27). The number of carbonyl (C=O) groups is 1. The van der Waals surface area contributed by atoms with Crippen LogP contribution in [0.5, 0.6) is 0 Å². The maximum Gasteiger partial charge on any atom is 0.225 e. The second-order valence-electron chi connectivity index (χ2n) is 8.14. The van der Waals surface area contributed by atoms with E-state index in [2.05, 4.69) is 10.3 Å². The average molecular weight is 424 g/mol. The van der Waals surface area contributed by atoms with E-state index in [-0.39, 0.29) is 5.91 Å². The van der Waals surface area contributed by atoms with Crippen molar-refractivity contribution in [3.8, 4) is 11.4 Å². The Balaban J connectivity index is 1.58. The molecule has 0 unspecified atom stereocenters. The number of ether oxygens (including phenoxy) is 1. The Kier molecular flexibility index (Phi) is 5.12. The van der Waals surface area contributed by atoms with Crippen LogP contribution in [-0.4, -0.2) is 40.6 Å². The monoisotopic (exact) mass is 423 g/mol. The van der Waals surface area contributed by atoms with E-state index in [9.17, 15) is 4.79 Å². The molecule has 3 aromatic heterocycles. The molecule has 7 nitrogen and oxygen atoms in total. The van der Waals surface area contributed by atoms with Crippen molar-refractivity contribution in [2.24, 2.45) is 11.1 Å². The van der Waals surface area contributed by atoms with Crippen molar-refractivity contribution in [3.63, 3.8) is 0 Å². The molecule has 3 N–H and O–H groups in total. The van der Waals surface area contributed by atoms with E-state index in [0.29, 0.717) is 38.4 Å². The molecule has 5 rings (SSSR count). The summed E-state index contributed by atoms with van der Waals surface area (Å²) in [7, 11) is 0. The Morgan fingerprint density at radius 1 is 1.23 bits per heavy atom. The first kappa shape index (κ1) is 19.4. The van der Waals surface area contributed by atoms with E-state index in [0.717, 1.165) is 34.4 Å². The van der Waals surface area contributed by atoms with Crippen LogP contribution in [0.25, 0.3) is 21.6 Å². The summed E-state index contributed by atoms with van der Waals surface area (Å²) in [5.41, 5.74) is 7.45. The van der Waals surface area contributed by atoms with Gasteiger partial charge in [0, 0.05) is 42.6 Å². The van der Waals surface area contributed by atoms with Gasteiger partial charge in [0.1, 0.15) is 10.6 Å². The van der Waals surface area contributed by atoms with Crippen LogP contribution in [-0.2, 0) is 22.4 Å². The highest BCUT2D eigenvalue weighted by molar-refractivity contribution is 7.19. The number of hydrogen-bond donors (Lipinski definition) is 2. The molecule has 0 spiro atoms. The van der Waals surface area contributed by atoms with Crippen molar-refractivity contribution in [1.82, 2.24) is 15.0 Å². The third kappa shape index (κ3) is 3.44. The van der Waals surface area contributed by atoms with Gasteiger partial charge in [-0.05, 0) is 56.2 Å². The van der Waals surface area contributed by atoms with E-state index < -0.39 is 5.41 Å². The fraction of sp³-hybridized carbons (Fsp3) is 0.455. The predicted molar refractivity (Wildman–Crippen MR) is 117 cm³/mol. The summed E-state index contributed by atoms with van der Waals surface area (Å²) < 4.78 is 5.47. The van der Waals surface area contributed by atoms with Crippen molar-refractivity contribution >= 4 is 33.3 Å². The van der Waals surface area contributed by atoms with Crippen LogP contribution in [0, 0.1) is 5.41 Å². The zero-order chi connectivity index (χ0) is 20.6. The van der Waals surface area contributed by atoms with Gasteiger partial charge < -0.3 is 15.8 Å². The minimum Gasteiger partial charge on any atom is -0.381 e. The molecule has 2 aliphatic rings. The van der Waals surface area contributed by atoms with Crippen molar-refractivity contribution < 1.29 is 9.53 Å². The second-order valence-corrected chi connectivity index (χ2v) is 9.22. The number of nitrogens with zero attached hydrogens (tertiary/aromatic N) is 3. The third-order valence-corrected chi connectivity index (χ3v) is 7.49. The maximum atomic E-state index is 12.3. The molecule has 0 bridgehead atoms. The minimum absolute atomic E-state index is 0.275. The summed E-state index contributed by atoms with van der Waals surface area (Å²) >= 11 is 1.77. The van der Waals surface area contributed by atoms with E-state index in [1.54, 1.807) is 23.7 Å². The molecule has 1 aliphatic heterocycles. The zero-order valence-corrected chi connectivity index (χ0v) is 17.6. The van der Waals surface area contributed by atoms with Gasteiger partial charge in [0.25, 0.3) is 0 Å². The topological polar surface area (TPSA) is 103 Å². The molecule has 1 aliphatic carbocycles. The Morgan fingerprint density at radius 2 is 2.07 bits per heavy atom. The lowest BCUT2D eigenvalue weighted by Gasteiger charge is -2.34. The van der Waals surface area contributed by atoms with Gasteiger partial charge in [-0.3, -0.25) is 9.78 Å². The SMILES string of the molecule is NC(=O)C1(CNc2nc(-c3cccnc3)nc3sc4c(c23)CCCC4)CCOCC1. The maximum absolute atomic E-state index is 12.3. The molecule has 156 valence electrons. The lowest BCUT2D eigenvalue weighted by atomic mass is 9.79. The molecule has 8 heteroatoms. The number of primary amides is 1. The number of nitrogens with one attached hydrogen (secondary N) is 1. The molecule has 4 heterocycles. The molecule has 1 saturated heterocycles. The van der Waals surface area contributed by atoms with Gasteiger partial charge in [-0.15, -0.1) is 11.3 Å². The molecule has 0 aromatic carbocycles. The lowest BCUT2D eigenvalue weighted by molar-refractivity contribution is -0.132. The number of rotatable bonds is 5. The largest absolute Gasteiger partial charge is 0.381 e.